The first-order valence-electron chi connectivity index (χ1n) is 9.56. The molecule has 1 atom stereocenters. The lowest BCUT2D eigenvalue weighted by atomic mass is 9.86. The largest absolute Gasteiger partial charge is 0.308 e. The smallest absolute Gasteiger partial charge is 0.0304 e. The molecule has 126 valence electrons. The summed E-state index contributed by atoms with van der Waals surface area (Å²) in [6.45, 7) is 15.5. The zero-order valence-electron chi connectivity index (χ0n) is 15.4. The molecule has 2 heteroatoms. The van der Waals surface area contributed by atoms with Gasteiger partial charge in [0.05, 0.1) is 0 Å². The summed E-state index contributed by atoms with van der Waals surface area (Å²) in [5, 5.41) is 3.89. The summed E-state index contributed by atoms with van der Waals surface area (Å²) in [4.78, 5) is 2.81. The summed E-state index contributed by atoms with van der Waals surface area (Å²) in [5.41, 5.74) is 0.372. The fourth-order valence-corrected chi connectivity index (χ4v) is 3.72. The number of rotatable bonds is 10. The van der Waals surface area contributed by atoms with E-state index < -0.39 is 0 Å². The number of piperazine rings is 1. The van der Waals surface area contributed by atoms with Crippen LogP contribution in [0.25, 0.3) is 0 Å². The third-order valence-electron chi connectivity index (χ3n) is 5.38. The predicted octanol–water partition coefficient (Wildman–Crippen LogP) is 4.84. The van der Waals surface area contributed by atoms with Gasteiger partial charge in [-0.2, -0.15) is 0 Å². The van der Waals surface area contributed by atoms with E-state index in [1.54, 1.807) is 0 Å². The van der Waals surface area contributed by atoms with E-state index in [4.69, 9.17) is 0 Å². The van der Waals surface area contributed by atoms with Crippen molar-refractivity contribution in [2.45, 2.75) is 97.6 Å². The first kappa shape index (κ1) is 19.0. The van der Waals surface area contributed by atoms with Gasteiger partial charge in [-0.25, -0.2) is 0 Å². The lowest BCUT2D eigenvalue weighted by Gasteiger charge is -2.48. The maximum Gasteiger partial charge on any atom is 0.0304 e. The fourth-order valence-electron chi connectivity index (χ4n) is 3.72. The molecule has 1 fully saturated rings. The van der Waals surface area contributed by atoms with E-state index in [2.05, 4.69) is 44.8 Å². The second-order valence-corrected chi connectivity index (χ2v) is 7.54. The van der Waals surface area contributed by atoms with Crippen LogP contribution < -0.4 is 5.32 Å². The van der Waals surface area contributed by atoms with E-state index in [1.807, 2.05) is 0 Å². The highest BCUT2D eigenvalue weighted by Gasteiger charge is 2.36. The maximum absolute atomic E-state index is 3.89. The van der Waals surface area contributed by atoms with Gasteiger partial charge in [-0.05, 0) is 38.1 Å². The minimum absolute atomic E-state index is 0.372. The molecule has 0 aromatic heterocycles. The van der Waals surface area contributed by atoms with Gasteiger partial charge in [0.15, 0.2) is 0 Å². The maximum atomic E-state index is 3.89. The van der Waals surface area contributed by atoms with Crippen molar-refractivity contribution in [2.24, 2.45) is 5.92 Å². The van der Waals surface area contributed by atoms with Crippen LogP contribution in [0.3, 0.4) is 0 Å². The number of hydrogen-bond donors (Lipinski definition) is 1. The summed E-state index contributed by atoms with van der Waals surface area (Å²) in [6, 6.07) is 0.752. The SMILES string of the molecule is CCCCCCCN1CC(CC)(CC)NCC1CC(C)C. The van der Waals surface area contributed by atoms with Crippen molar-refractivity contribution in [3.63, 3.8) is 0 Å². The van der Waals surface area contributed by atoms with Crippen LogP contribution in [-0.4, -0.2) is 36.1 Å². The molecule has 21 heavy (non-hydrogen) atoms. The molecule has 0 amide bonds. The lowest BCUT2D eigenvalue weighted by Crippen LogP contribution is -2.64. The van der Waals surface area contributed by atoms with Gasteiger partial charge >= 0.3 is 0 Å². The average Bonchev–Trinajstić information content (AvgIpc) is 2.48. The van der Waals surface area contributed by atoms with E-state index in [0.29, 0.717) is 5.54 Å². The van der Waals surface area contributed by atoms with Crippen molar-refractivity contribution < 1.29 is 0 Å². The molecule has 1 aliphatic heterocycles. The molecule has 0 bridgehead atoms. The highest BCUT2D eigenvalue weighted by molar-refractivity contribution is 4.96. The Morgan fingerprint density at radius 2 is 1.71 bits per heavy atom. The Morgan fingerprint density at radius 1 is 1.05 bits per heavy atom. The highest BCUT2D eigenvalue weighted by atomic mass is 15.2. The zero-order chi connectivity index (χ0) is 15.7. The van der Waals surface area contributed by atoms with E-state index in [-0.39, 0.29) is 0 Å². The third-order valence-corrected chi connectivity index (χ3v) is 5.38. The topological polar surface area (TPSA) is 15.3 Å². The summed E-state index contributed by atoms with van der Waals surface area (Å²) in [6.07, 6.45) is 10.8. The molecular formula is C19H40N2. The quantitative estimate of drug-likeness (QED) is 0.581. The van der Waals surface area contributed by atoms with Crippen LogP contribution in [0, 0.1) is 5.92 Å². The lowest BCUT2D eigenvalue weighted by molar-refractivity contribution is 0.0608. The normalized spacial score (nSPS) is 22.9. The van der Waals surface area contributed by atoms with Crippen LogP contribution in [0.2, 0.25) is 0 Å². The van der Waals surface area contributed by atoms with Gasteiger partial charge in [0, 0.05) is 24.7 Å². The fraction of sp³-hybridized carbons (Fsp3) is 1.00. The molecule has 0 aliphatic carbocycles. The van der Waals surface area contributed by atoms with E-state index in [9.17, 15) is 0 Å². The van der Waals surface area contributed by atoms with Gasteiger partial charge in [-0.15, -0.1) is 0 Å². The van der Waals surface area contributed by atoms with Gasteiger partial charge in [-0.1, -0.05) is 60.3 Å². The van der Waals surface area contributed by atoms with Gasteiger partial charge in [0.1, 0.15) is 0 Å². The molecule has 0 saturated carbocycles. The minimum atomic E-state index is 0.372. The van der Waals surface area contributed by atoms with Crippen LogP contribution >= 0.6 is 0 Å². The molecule has 0 spiro atoms. The van der Waals surface area contributed by atoms with Gasteiger partial charge < -0.3 is 5.32 Å². The highest BCUT2D eigenvalue weighted by Crippen LogP contribution is 2.25. The van der Waals surface area contributed by atoms with Crippen LogP contribution in [0.5, 0.6) is 0 Å². The molecule has 0 aromatic rings. The Bertz CT molecular complexity index is 258. The first-order valence-corrected chi connectivity index (χ1v) is 9.56. The Morgan fingerprint density at radius 3 is 2.29 bits per heavy atom. The van der Waals surface area contributed by atoms with Crippen molar-refractivity contribution in [1.29, 1.82) is 0 Å². The van der Waals surface area contributed by atoms with Crippen LogP contribution in [0.15, 0.2) is 0 Å². The minimum Gasteiger partial charge on any atom is -0.308 e. The molecule has 1 heterocycles. The number of nitrogens with one attached hydrogen (secondary N) is 1. The Hall–Kier alpha value is -0.0800. The summed E-state index contributed by atoms with van der Waals surface area (Å²) in [5.74, 6) is 0.801. The Kier molecular flexibility index (Phi) is 8.89. The molecular weight excluding hydrogens is 256 g/mol. The average molecular weight is 297 g/mol. The van der Waals surface area contributed by atoms with Crippen molar-refractivity contribution in [2.75, 3.05) is 19.6 Å². The Balaban J connectivity index is 2.52. The molecule has 0 radical (unpaired) electrons. The first-order chi connectivity index (χ1) is 10.1. The van der Waals surface area contributed by atoms with E-state index in [1.165, 1.54) is 71.0 Å². The van der Waals surface area contributed by atoms with Crippen molar-refractivity contribution in [3.05, 3.63) is 0 Å². The van der Waals surface area contributed by atoms with Crippen molar-refractivity contribution >= 4 is 0 Å². The summed E-state index contributed by atoms with van der Waals surface area (Å²) < 4.78 is 0. The van der Waals surface area contributed by atoms with Crippen LogP contribution in [-0.2, 0) is 0 Å². The van der Waals surface area contributed by atoms with Crippen LogP contribution in [0.1, 0.15) is 86.0 Å². The van der Waals surface area contributed by atoms with E-state index in [0.717, 1.165) is 12.0 Å². The number of hydrogen-bond acceptors (Lipinski definition) is 2. The summed E-state index contributed by atoms with van der Waals surface area (Å²) in [7, 11) is 0. The van der Waals surface area contributed by atoms with E-state index >= 15 is 0 Å². The van der Waals surface area contributed by atoms with Gasteiger partial charge in [0.2, 0.25) is 0 Å². The Labute approximate surface area is 134 Å². The van der Waals surface area contributed by atoms with Crippen molar-refractivity contribution in [3.8, 4) is 0 Å². The summed E-state index contributed by atoms with van der Waals surface area (Å²) >= 11 is 0. The van der Waals surface area contributed by atoms with Gasteiger partial charge in [0.25, 0.3) is 0 Å². The standard InChI is InChI=1S/C19H40N2/c1-6-9-10-11-12-13-21-16-19(7-2,8-3)20-15-18(21)14-17(4)5/h17-18,20H,6-16H2,1-5H3. The van der Waals surface area contributed by atoms with Gasteiger partial charge in [-0.3, -0.25) is 4.90 Å². The molecule has 2 nitrogen and oxygen atoms in total. The monoisotopic (exact) mass is 296 g/mol. The molecule has 1 saturated heterocycles. The molecule has 1 aliphatic rings. The molecule has 0 aromatic carbocycles. The third kappa shape index (κ3) is 6.28. The molecule has 1 rings (SSSR count). The second kappa shape index (κ2) is 9.84. The predicted molar refractivity (Wildman–Crippen MR) is 94.9 cm³/mol. The molecule has 1 N–H and O–H groups in total. The molecule has 1 unspecified atom stereocenters. The number of nitrogens with zero attached hydrogens (tertiary/aromatic N) is 1. The van der Waals surface area contributed by atoms with Crippen LogP contribution in [0.4, 0.5) is 0 Å². The second-order valence-electron chi connectivity index (χ2n) is 7.54. The van der Waals surface area contributed by atoms with Crippen molar-refractivity contribution in [1.82, 2.24) is 10.2 Å². The zero-order valence-corrected chi connectivity index (χ0v) is 15.4. The number of unbranched alkanes of at least 4 members (excludes halogenated alkanes) is 4.